The Morgan fingerprint density at radius 3 is 1.80 bits per heavy atom. The Labute approximate surface area is 269 Å². The van der Waals surface area contributed by atoms with Crippen molar-refractivity contribution in [2.24, 2.45) is 0 Å². The minimum atomic E-state index is -0.201. The van der Waals surface area contributed by atoms with E-state index < -0.39 is 0 Å². The first kappa shape index (κ1) is 26.8. The topological polar surface area (TPSA) is 8.17 Å². The molecule has 0 fully saturated rings. The third kappa shape index (κ3) is 3.83. The number of aromatic nitrogens is 1. The number of nitrogens with zero attached hydrogens (tertiary/aromatic N) is 2. The minimum Gasteiger partial charge on any atom is -0.310 e. The van der Waals surface area contributed by atoms with Crippen LogP contribution in [0, 0.1) is 6.92 Å². The number of aryl methyl sites for hydroxylation is 1. The molecule has 0 N–H and O–H groups in total. The van der Waals surface area contributed by atoms with Gasteiger partial charge in [0, 0.05) is 38.6 Å². The number of rotatable bonds is 4. The summed E-state index contributed by atoms with van der Waals surface area (Å²) in [5, 5.41) is 5.12. The van der Waals surface area contributed by atoms with Gasteiger partial charge in [-0.3, -0.25) is 0 Å². The van der Waals surface area contributed by atoms with E-state index in [0.29, 0.717) is 0 Å². The summed E-state index contributed by atoms with van der Waals surface area (Å²) in [4.78, 5) is 2.43. The molecule has 8 aromatic rings. The summed E-state index contributed by atoms with van der Waals surface area (Å²) in [6, 6.07) is 55.7. The van der Waals surface area contributed by atoms with E-state index in [0.717, 1.165) is 5.69 Å². The van der Waals surface area contributed by atoms with Crippen LogP contribution >= 0.6 is 0 Å². The average molecular weight is 591 g/mol. The molecule has 0 radical (unpaired) electrons. The third-order valence-electron chi connectivity index (χ3n) is 10.00. The Morgan fingerprint density at radius 2 is 1.11 bits per heavy atom. The average Bonchev–Trinajstić information content (AvgIpc) is 3.54. The van der Waals surface area contributed by atoms with Crippen molar-refractivity contribution in [1.82, 2.24) is 4.57 Å². The van der Waals surface area contributed by atoms with Crippen molar-refractivity contribution in [3.63, 3.8) is 0 Å². The molecule has 0 bridgehead atoms. The summed E-state index contributed by atoms with van der Waals surface area (Å²) in [5.74, 6) is 0. The number of hydrogen-bond acceptors (Lipinski definition) is 1. The molecule has 0 saturated carbocycles. The zero-order valence-corrected chi connectivity index (χ0v) is 26.3. The van der Waals surface area contributed by atoms with E-state index in [1.807, 2.05) is 0 Å². The first-order valence-electron chi connectivity index (χ1n) is 16.1. The zero-order valence-electron chi connectivity index (χ0n) is 26.3. The lowest BCUT2D eigenvalue weighted by Crippen LogP contribution is -2.17. The maximum absolute atomic E-state index is 2.47. The van der Waals surface area contributed by atoms with Crippen molar-refractivity contribution >= 4 is 49.6 Å². The van der Waals surface area contributed by atoms with Crippen LogP contribution in [0.3, 0.4) is 0 Å². The van der Waals surface area contributed by atoms with E-state index in [4.69, 9.17) is 0 Å². The molecule has 0 aliphatic heterocycles. The standard InChI is InChI=1S/C44H34N2/c1-29-14-13-17-31(26-29)45(30-15-5-4-6-16-30)42-28-39-43(36-21-8-7-20-35(36)42)37-25-24-32(27-38(37)44(39,2)3)46-40-22-11-9-18-33(40)34-19-10-12-23-41(34)46/h4-28H,1-3H3. The molecular weight excluding hydrogens is 556 g/mol. The van der Waals surface area contributed by atoms with Gasteiger partial charge in [-0.25, -0.2) is 0 Å². The SMILES string of the molecule is Cc1cccc(N(c2ccccc2)c2cc3c(c4ccccc24)-c2ccc(-n4c5ccccc5c5ccccc54)cc2C3(C)C)c1. The van der Waals surface area contributed by atoms with Crippen molar-refractivity contribution in [1.29, 1.82) is 0 Å². The lowest BCUT2D eigenvalue weighted by atomic mass is 9.81. The second-order valence-corrected chi connectivity index (χ2v) is 13.1. The van der Waals surface area contributed by atoms with Gasteiger partial charge in [-0.1, -0.05) is 111 Å². The molecule has 0 amide bonds. The van der Waals surface area contributed by atoms with Crippen molar-refractivity contribution in [3.05, 3.63) is 168 Å². The Balaban J connectivity index is 1.30. The number of anilines is 3. The monoisotopic (exact) mass is 590 g/mol. The van der Waals surface area contributed by atoms with E-state index in [2.05, 4.69) is 182 Å². The second-order valence-electron chi connectivity index (χ2n) is 13.1. The van der Waals surface area contributed by atoms with Gasteiger partial charge in [0.05, 0.1) is 16.7 Å². The van der Waals surface area contributed by atoms with Gasteiger partial charge in [-0.15, -0.1) is 0 Å². The van der Waals surface area contributed by atoms with E-state index in [9.17, 15) is 0 Å². The number of para-hydroxylation sites is 3. The smallest absolute Gasteiger partial charge is 0.0543 e. The van der Waals surface area contributed by atoms with Gasteiger partial charge in [0.25, 0.3) is 0 Å². The van der Waals surface area contributed by atoms with Gasteiger partial charge in [0.2, 0.25) is 0 Å². The second kappa shape index (κ2) is 9.95. The van der Waals surface area contributed by atoms with Crippen molar-refractivity contribution in [2.75, 3.05) is 4.90 Å². The first-order chi connectivity index (χ1) is 22.5. The van der Waals surface area contributed by atoms with Crippen LogP contribution in [0.4, 0.5) is 17.1 Å². The predicted molar refractivity (Wildman–Crippen MR) is 195 cm³/mol. The van der Waals surface area contributed by atoms with Crippen LogP contribution in [0.2, 0.25) is 0 Å². The van der Waals surface area contributed by atoms with Gasteiger partial charge in [0.15, 0.2) is 0 Å². The van der Waals surface area contributed by atoms with E-state index in [-0.39, 0.29) is 5.41 Å². The molecule has 220 valence electrons. The third-order valence-corrected chi connectivity index (χ3v) is 10.00. The van der Waals surface area contributed by atoms with Gasteiger partial charge < -0.3 is 9.47 Å². The fourth-order valence-electron chi connectivity index (χ4n) is 7.85. The number of hydrogen-bond donors (Lipinski definition) is 0. The molecule has 0 spiro atoms. The van der Waals surface area contributed by atoms with Gasteiger partial charge in [-0.05, 0) is 94.7 Å². The maximum atomic E-state index is 2.47. The lowest BCUT2D eigenvalue weighted by Gasteiger charge is -2.30. The maximum Gasteiger partial charge on any atom is 0.0543 e. The van der Waals surface area contributed by atoms with Gasteiger partial charge >= 0.3 is 0 Å². The predicted octanol–water partition coefficient (Wildman–Crippen LogP) is 12.0. The molecular formula is C44H34N2. The van der Waals surface area contributed by atoms with Gasteiger partial charge in [-0.2, -0.15) is 0 Å². The van der Waals surface area contributed by atoms with Crippen molar-refractivity contribution in [3.8, 4) is 16.8 Å². The molecule has 46 heavy (non-hydrogen) atoms. The summed E-state index contributed by atoms with van der Waals surface area (Å²) in [5.41, 5.74) is 13.7. The fourth-order valence-corrected chi connectivity index (χ4v) is 7.85. The van der Waals surface area contributed by atoms with Crippen molar-refractivity contribution in [2.45, 2.75) is 26.2 Å². The van der Waals surface area contributed by atoms with E-state index in [1.165, 1.54) is 77.5 Å². The molecule has 9 rings (SSSR count). The highest BCUT2D eigenvalue weighted by Crippen LogP contribution is 2.55. The quantitative estimate of drug-likeness (QED) is 0.198. The molecule has 2 nitrogen and oxygen atoms in total. The Morgan fingerprint density at radius 1 is 0.500 bits per heavy atom. The largest absolute Gasteiger partial charge is 0.310 e. The Hall–Kier alpha value is -5.60. The first-order valence-corrected chi connectivity index (χ1v) is 16.1. The van der Waals surface area contributed by atoms with Crippen LogP contribution in [0.1, 0.15) is 30.5 Å². The van der Waals surface area contributed by atoms with E-state index >= 15 is 0 Å². The molecule has 7 aromatic carbocycles. The van der Waals surface area contributed by atoms with Crippen LogP contribution in [0.25, 0.3) is 49.4 Å². The summed E-state index contributed by atoms with van der Waals surface area (Å²) in [7, 11) is 0. The number of benzene rings is 7. The van der Waals surface area contributed by atoms with Crippen LogP contribution < -0.4 is 4.90 Å². The summed E-state index contributed by atoms with van der Waals surface area (Å²) >= 11 is 0. The highest BCUT2D eigenvalue weighted by Gasteiger charge is 2.38. The van der Waals surface area contributed by atoms with Gasteiger partial charge in [0.1, 0.15) is 0 Å². The van der Waals surface area contributed by atoms with Crippen LogP contribution in [0.5, 0.6) is 0 Å². The highest BCUT2D eigenvalue weighted by atomic mass is 15.1. The molecule has 1 aliphatic carbocycles. The normalized spacial score (nSPS) is 13.3. The number of fused-ring (bicyclic) bond motifs is 8. The molecule has 1 aliphatic rings. The molecule has 2 heteroatoms. The van der Waals surface area contributed by atoms with Crippen LogP contribution in [-0.4, -0.2) is 4.57 Å². The molecule has 1 aromatic heterocycles. The summed E-state index contributed by atoms with van der Waals surface area (Å²) in [6.07, 6.45) is 0. The Kier molecular flexibility index (Phi) is 5.79. The lowest BCUT2D eigenvalue weighted by molar-refractivity contribution is 0.660. The molecule has 1 heterocycles. The van der Waals surface area contributed by atoms with Crippen LogP contribution in [-0.2, 0) is 5.41 Å². The molecule has 0 unspecified atom stereocenters. The Bertz CT molecular complexity index is 2410. The minimum absolute atomic E-state index is 0.201. The van der Waals surface area contributed by atoms with Crippen LogP contribution in [0.15, 0.2) is 152 Å². The van der Waals surface area contributed by atoms with Crippen molar-refractivity contribution < 1.29 is 0 Å². The highest BCUT2D eigenvalue weighted by molar-refractivity contribution is 6.11. The molecule has 0 saturated heterocycles. The summed E-state index contributed by atoms with van der Waals surface area (Å²) < 4.78 is 2.43. The summed E-state index contributed by atoms with van der Waals surface area (Å²) in [6.45, 7) is 6.96. The molecule has 0 atom stereocenters. The zero-order chi connectivity index (χ0) is 31.0. The fraction of sp³-hybridized carbons (Fsp3) is 0.0909. The van der Waals surface area contributed by atoms with E-state index in [1.54, 1.807) is 0 Å².